The lowest BCUT2D eigenvalue weighted by Gasteiger charge is -2.19. The summed E-state index contributed by atoms with van der Waals surface area (Å²) in [5, 5.41) is 14.1. The molecular formula is C28H26ClN3O3. The molecule has 1 fully saturated rings. The molecule has 1 aliphatic rings. The van der Waals surface area contributed by atoms with Crippen molar-refractivity contribution in [1.82, 2.24) is 15.3 Å². The Balaban J connectivity index is 1.56. The Morgan fingerprint density at radius 2 is 2.00 bits per heavy atom. The number of imidazole rings is 1. The summed E-state index contributed by atoms with van der Waals surface area (Å²) in [6, 6.07) is 18.5. The molecule has 1 heterocycles. The molecule has 1 saturated carbocycles. The molecule has 178 valence electrons. The topological polar surface area (TPSA) is 87.2 Å². The lowest BCUT2D eigenvalue weighted by Crippen LogP contribution is -2.39. The van der Waals surface area contributed by atoms with E-state index in [1.54, 1.807) is 31.4 Å². The molecule has 0 radical (unpaired) electrons. The fourth-order valence-corrected chi connectivity index (χ4v) is 4.72. The number of ether oxygens (including phenoxy) is 1. The van der Waals surface area contributed by atoms with Gasteiger partial charge in [-0.3, -0.25) is 4.79 Å². The predicted molar refractivity (Wildman–Crippen MR) is 139 cm³/mol. The van der Waals surface area contributed by atoms with E-state index >= 15 is 0 Å². The maximum atomic E-state index is 13.0. The zero-order valence-electron chi connectivity index (χ0n) is 19.3. The first-order chi connectivity index (χ1) is 17.0. The fourth-order valence-electron chi connectivity index (χ4n) is 4.44. The molecule has 3 N–H and O–H groups in total. The molecule has 1 aliphatic carbocycles. The number of rotatable bonds is 8. The van der Waals surface area contributed by atoms with E-state index in [4.69, 9.17) is 21.3 Å². The molecule has 35 heavy (non-hydrogen) atoms. The van der Waals surface area contributed by atoms with E-state index in [0.717, 1.165) is 29.4 Å². The standard InChI is InChI=1S/C28H26ClN3O3/c1-16(33)21-14-18(28(34)32-25(15-35-2)17-10-11-17)12-13-19(21)26-20(6-5-7-22(26)29)27-30-23-8-3-4-9-24(23)31-27/h3-9,12-14,17,25,33H,1,10-11,15H2,2H3,(H,30,31)(H,32,34). The van der Waals surface area contributed by atoms with Crippen molar-refractivity contribution in [2.45, 2.75) is 18.9 Å². The van der Waals surface area contributed by atoms with Crippen LogP contribution in [0.3, 0.4) is 0 Å². The van der Waals surface area contributed by atoms with Gasteiger partial charge < -0.3 is 20.1 Å². The quantitative estimate of drug-likeness (QED) is 0.257. The van der Waals surface area contributed by atoms with Crippen LogP contribution in [0.15, 0.2) is 67.2 Å². The number of hydrogen-bond acceptors (Lipinski definition) is 4. The van der Waals surface area contributed by atoms with Gasteiger partial charge in [-0.1, -0.05) is 48.5 Å². The number of benzene rings is 3. The number of aromatic nitrogens is 2. The number of hydrogen-bond donors (Lipinski definition) is 3. The average Bonchev–Trinajstić information content (AvgIpc) is 3.61. The average molecular weight is 488 g/mol. The van der Waals surface area contributed by atoms with Gasteiger partial charge in [0.15, 0.2) is 0 Å². The number of amides is 1. The molecule has 1 atom stereocenters. The molecule has 0 aliphatic heterocycles. The van der Waals surface area contributed by atoms with Crippen LogP contribution in [0.2, 0.25) is 5.02 Å². The zero-order chi connectivity index (χ0) is 24.5. The van der Waals surface area contributed by atoms with Crippen LogP contribution in [0.4, 0.5) is 0 Å². The number of aromatic amines is 1. The van der Waals surface area contributed by atoms with E-state index in [1.807, 2.05) is 36.4 Å². The number of aliphatic hydroxyl groups excluding tert-OH is 1. The van der Waals surface area contributed by atoms with Crippen molar-refractivity contribution in [3.63, 3.8) is 0 Å². The number of fused-ring (bicyclic) bond motifs is 1. The molecule has 6 nitrogen and oxygen atoms in total. The number of H-pyrrole nitrogens is 1. The number of aliphatic hydroxyl groups is 1. The van der Waals surface area contributed by atoms with E-state index < -0.39 is 0 Å². The van der Waals surface area contributed by atoms with E-state index in [2.05, 4.69) is 16.9 Å². The summed E-state index contributed by atoms with van der Waals surface area (Å²) in [7, 11) is 1.63. The van der Waals surface area contributed by atoms with Crippen molar-refractivity contribution in [1.29, 1.82) is 0 Å². The molecule has 4 aromatic rings. The Morgan fingerprint density at radius 3 is 2.71 bits per heavy atom. The summed E-state index contributed by atoms with van der Waals surface area (Å²) < 4.78 is 5.28. The second-order valence-electron chi connectivity index (χ2n) is 8.84. The Bertz CT molecular complexity index is 1390. The van der Waals surface area contributed by atoms with Crippen molar-refractivity contribution < 1.29 is 14.6 Å². The minimum Gasteiger partial charge on any atom is -0.508 e. The largest absolute Gasteiger partial charge is 0.508 e. The van der Waals surface area contributed by atoms with Gasteiger partial charge in [-0.05, 0) is 54.7 Å². The van der Waals surface area contributed by atoms with Crippen LogP contribution in [-0.2, 0) is 4.74 Å². The normalized spacial score (nSPS) is 14.1. The number of halogens is 1. The SMILES string of the molecule is C=C(O)c1cc(C(=O)NC(COC)C2CC2)ccc1-c1c(Cl)cccc1-c1nc2ccccc2[nH]1. The maximum absolute atomic E-state index is 13.0. The van der Waals surface area contributed by atoms with Crippen LogP contribution >= 0.6 is 11.6 Å². The minimum atomic E-state index is -0.218. The Kier molecular flexibility index (Phi) is 6.32. The maximum Gasteiger partial charge on any atom is 0.251 e. The summed E-state index contributed by atoms with van der Waals surface area (Å²) in [5.41, 5.74) is 4.74. The lowest BCUT2D eigenvalue weighted by atomic mass is 9.92. The van der Waals surface area contributed by atoms with Crippen LogP contribution in [-0.4, -0.2) is 40.7 Å². The predicted octanol–water partition coefficient (Wildman–Crippen LogP) is 6.23. The number of nitrogens with one attached hydrogen (secondary N) is 2. The minimum absolute atomic E-state index is 0.0313. The molecule has 5 rings (SSSR count). The summed E-state index contributed by atoms with van der Waals surface area (Å²) in [6.07, 6.45) is 2.17. The highest BCUT2D eigenvalue weighted by molar-refractivity contribution is 6.34. The summed E-state index contributed by atoms with van der Waals surface area (Å²) in [4.78, 5) is 21.1. The lowest BCUT2D eigenvalue weighted by molar-refractivity contribution is 0.0884. The second-order valence-corrected chi connectivity index (χ2v) is 9.25. The van der Waals surface area contributed by atoms with Crippen molar-refractivity contribution in [2.24, 2.45) is 5.92 Å². The second kappa shape index (κ2) is 9.56. The Hall–Kier alpha value is -3.61. The Morgan fingerprint density at radius 1 is 1.20 bits per heavy atom. The van der Waals surface area contributed by atoms with Gasteiger partial charge in [0.25, 0.3) is 5.91 Å². The number of carbonyl (C=O) groups excluding carboxylic acids is 1. The molecule has 0 saturated heterocycles. The van der Waals surface area contributed by atoms with Crippen molar-refractivity contribution in [3.8, 4) is 22.5 Å². The third-order valence-electron chi connectivity index (χ3n) is 6.37. The molecule has 3 aromatic carbocycles. The van der Waals surface area contributed by atoms with Gasteiger partial charge in [0.05, 0.1) is 23.7 Å². The fraction of sp³-hybridized carbons (Fsp3) is 0.214. The van der Waals surface area contributed by atoms with Gasteiger partial charge in [-0.2, -0.15) is 0 Å². The van der Waals surface area contributed by atoms with E-state index in [-0.39, 0.29) is 17.7 Å². The molecular weight excluding hydrogens is 462 g/mol. The highest BCUT2D eigenvalue weighted by atomic mass is 35.5. The molecule has 0 spiro atoms. The third kappa shape index (κ3) is 4.67. The van der Waals surface area contributed by atoms with Gasteiger partial charge in [-0.15, -0.1) is 0 Å². The highest BCUT2D eigenvalue weighted by Gasteiger charge is 2.32. The van der Waals surface area contributed by atoms with Crippen molar-refractivity contribution in [3.05, 3.63) is 83.4 Å². The van der Waals surface area contributed by atoms with Gasteiger partial charge in [-0.25, -0.2) is 4.98 Å². The number of carbonyl (C=O) groups is 1. The van der Waals surface area contributed by atoms with E-state index in [9.17, 15) is 9.90 Å². The molecule has 1 aromatic heterocycles. The number of nitrogens with zero attached hydrogens (tertiary/aromatic N) is 1. The molecule has 1 unspecified atom stereocenters. The molecule has 0 bridgehead atoms. The van der Waals surface area contributed by atoms with Crippen molar-refractivity contribution in [2.75, 3.05) is 13.7 Å². The highest BCUT2D eigenvalue weighted by Crippen LogP contribution is 2.40. The summed E-state index contributed by atoms with van der Waals surface area (Å²) in [6.45, 7) is 4.21. The monoisotopic (exact) mass is 487 g/mol. The van der Waals surface area contributed by atoms with Crippen LogP contribution in [0, 0.1) is 5.92 Å². The van der Waals surface area contributed by atoms with Crippen LogP contribution in [0.25, 0.3) is 39.3 Å². The third-order valence-corrected chi connectivity index (χ3v) is 6.69. The van der Waals surface area contributed by atoms with Gasteiger partial charge in [0.2, 0.25) is 0 Å². The first kappa shape index (κ1) is 23.1. The van der Waals surface area contributed by atoms with Crippen LogP contribution in [0.1, 0.15) is 28.8 Å². The zero-order valence-corrected chi connectivity index (χ0v) is 20.1. The van der Waals surface area contributed by atoms with Gasteiger partial charge in [0.1, 0.15) is 11.6 Å². The van der Waals surface area contributed by atoms with Crippen molar-refractivity contribution >= 4 is 34.3 Å². The van der Waals surface area contributed by atoms with Crippen LogP contribution < -0.4 is 5.32 Å². The molecule has 7 heteroatoms. The summed E-state index contributed by atoms with van der Waals surface area (Å²) in [5.74, 6) is 0.734. The van der Waals surface area contributed by atoms with Crippen LogP contribution in [0.5, 0.6) is 0 Å². The number of para-hydroxylation sites is 2. The van der Waals surface area contributed by atoms with E-state index in [0.29, 0.717) is 45.6 Å². The van der Waals surface area contributed by atoms with Gasteiger partial charge in [0, 0.05) is 34.4 Å². The molecule has 1 amide bonds. The smallest absolute Gasteiger partial charge is 0.251 e. The first-order valence-corrected chi connectivity index (χ1v) is 11.9. The van der Waals surface area contributed by atoms with E-state index in [1.165, 1.54) is 0 Å². The van der Waals surface area contributed by atoms with Gasteiger partial charge >= 0.3 is 0 Å². The number of methoxy groups -OCH3 is 1. The Labute approximate surface area is 208 Å². The summed E-state index contributed by atoms with van der Waals surface area (Å²) >= 11 is 6.69. The first-order valence-electron chi connectivity index (χ1n) is 11.5.